The summed E-state index contributed by atoms with van der Waals surface area (Å²) in [7, 11) is 1.86. The zero-order valence-corrected chi connectivity index (χ0v) is 12.0. The SMILES string of the molecule is CN(Cc1ccc2ccccc2c1)C(=O)CCCCN. The molecule has 0 aliphatic rings. The molecule has 0 saturated heterocycles. The standard InChI is InChI=1S/C17H22N2O/c1-19(17(20)8-4-5-11-18)13-14-9-10-15-6-2-3-7-16(15)12-14/h2-3,6-7,9-10,12H,4-5,8,11,13,18H2,1H3. The molecule has 20 heavy (non-hydrogen) atoms. The first-order chi connectivity index (χ1) is 9.70. The Balaban J connectivity index is 1.98. The molecule has 0 fully saturated rings. The van der Waals surface area contributed by atoms with Gasteiger partial charge in [0.15, 0.2) is 0 Å². The number of hydrogen-bond acceptors (Lipinski definition) is 2. The van der Waals surface area contributed by atoms with E-state index in [4.69, 9.17) is 5.73 Å². The van der Waals surface area contributed by atoms with Gasteiger partial charge in [0.25, 0.3) is 0 Å². The Kier molecular flexibility index (Phi) is 5.13. The van der Waals surface area contributed by atoms with Crippen LogP contribution in [0.4, 0.5) is 0 Å². The summed E-state index contributed by atoms with van der Waals surface area (Å²) in [5, 5.41) is 2.45. The molecule has 0 bridgehead atoms. The average molecular weight is 270 g/mol. The molecule has 0 saturated carbocycles. The quantitative estimate of drug-likeness (QED) is 0.820. The largest absolute Gasteiger partial charge is 0.341 e. The first-order valence-corrected chi connectivity index (χ1v) is 7.12. The summed E-state index contributed by atoms with van der Waals surface area (Å²) in [5.74, 6) is 0.187. The molecule has 0 aromatic heterocycles. The van der Waals surface area contributed by atoms with E-state index < -0.39 is 0 Å². The molecule has 0 aliphatic carbocycles. The van der Waals surface area contributed by atoms with Crippen molar-refractivity contribution in [2.45, 2.75) is 25.8 Å². The molecule has 0 heterocycles. The summed E-state index contributed by atoms with van der Waals surface area (Å²) >= 11 is 0. The van der Waals surface area contributed by atoms with Gasteiger partial charge in [0.05, 0.1) is 0 Å². The van der Waals surface area contributed by atoms with Crippen molar-refractivity contribution in [3.05, 3.63) is 48.0 Å². The van der Waals surface area contributed by atoms with Crippen LogP contribution in [0.5, 0.6) is 0 Å². The highest BCUT2D eigenvalue weighted by molar-refractivity contribution is 5.83. The Morgan fingerprint density at radius 1 is 1.10 bits per heavy atom. The smallest absolute Gasteiger partial charge is 0.222 e. The van der Waals surface area contributed by atoms with Gasteiger partial charge in [0, 0.05) is 20.0 Å². The van der Waals surface area contributed by atoms with Crippen molar-refractivity contribution >= 4 is 16.7 Å². The van der Waals surface area contributed by atoms with Crippen LogP contribution in [0, 0.1) is 0 Å². The van der Waals surface area contributed by atoms with Gasteiger partial charge in [-0.25, -0.2) is 0 Å². The van der Waals surface area contributed by atoms with E-state index in [0.717, 1.165) is 12.8 Å². The van der Waals surface area contributed by atoms with E-state index in [2.05, 4.69) is 30.3 Å². The van der Waals surface area contributed by atoms with Crippen LogP contribution in [0.15, 0.2) is 42.5 Å². The fourth-order valence-corrected chi connectivity index (χ4v) is 2.31. The maximum absolute atomic E-state index is 12.0. The molecule has 0 spiro atoms. The number of carbonyl (C=O) groups excluding carboxylic acids is 1. The molecular weight excluding hydrogens is 248 g/mol. The van der Waals surface area contributed by atoms with Gasteiger partial charge in [0.2, 0.25) is 5.91 Å². The van der Waals surface area contributed by atoms with E-state index in [1.54, 1.807) is 4.90 Å². The lowest BCUT2D eigenvalue weighted by molar-refractivity contribution is -0.130. The average Bonchev–Trinajstić information content (AvgIpc) is 2.47. The van der Waals surface area contributed by atoms with E-state index in [-0.39, 0.29) is 5.91 Å². The second-order valence-electron chi connectivity index (χ2n) is 5.18. The van der Waals surface area contributed by atoms with Crippen molar-refractivity contribution in [2.24, 2.45) is 5.73 Å². The fraction of sp³-hybridized carbons (Fsp3) is 0.353. The lowest BCUT2D eigenvalue weighted by atomic mass is 10.1. The van der Waals surface area contributed by atoms with Gasteiger partial charge in [-0.15, -0.1) is 0 Å². The first kappa shape index (κ1) is 14.5. The third kappa shape index (κ3) is 3.81. The minimum Gasteiger partial charge on any atom is -0.341 e. The minimum atomic E-state index is 0.187. The molecule has 2 N–H and O–H groups in total. The summed E-state index contributed by atoms with van der Waals surface area (Å²) in [5.41, 5.74) is 6.61. The lowest BCUT2D eigenvalue weighted by Crippen LogP contribution is -2.26. The van der Waals surface area contributed by atoms with Gasteiger partial charge in [-0.05, 0) is 41.8 Å². The number of fused-ring (bicyclic) bond motifs is 1. The fourth-order valence-electron chi connectivity index (χ4n) is 2.31. The number of hydrogen-bond donors (Lipinski definition) is 1. The van der Waals surface area contributed by atoms with Crippen LogP contribution in [0.1, 0.15) is 24.8 Å². The van der Waals surface area contributed by atoms with Gasteiger partial charge < -0.3 is 10.6 Å². The third-order valence-electron chi connectivity index (χ3n) is 3.50. The van der Waals surface area contributed by atoms with Gasteiger partial charge in [-0.2, -0.15) is 0 Å². The highest BCUT2D eigenvalue weighted by Crippen LogP contribution is 2.16. The summed E-state index contributed by atoms with van der Waals surface area (Å²) < 4.78 is 0. The van der Waals surface area contributed by atoms with Crippen molar-refractivity contribution < 1.29 is 4.79 Å². The Bertz CT molecular complexity index is 580. The van der Waals surface area contributed by atoms with Crippen LogP contribution in [0.2, 0.25) is 0 Å². The highest BCUT2D eigenvalue weighted by atomic mass is 16.2. The molecule has 3 nitrogen and oxygen atoms in total. The van der Waals surface area contributed by atoms with Crippen molar-refractivity contribution in [2.75, 3.05) is 13.6 Å². The summed E-state index contributed by atoms with van der Waals surface area (Å²) in [6.07, 6.45) is 2.37. The summed E-state index contributed by atoms with van der Waals surface area (Å²) in [6.45, 7) is 1.31. The first-order valence-electron chi connectivity index (χ1n) is 7.12. The van der Waals surface area contributed by atoms with Crippen molar-refractivity contribution in [3.8, 4) is 0 Å². The minimum absolute atomic E-state index is 0.187. The van der Waals surface area contributed by atoms with Crippen LogP contribution >= 0.6 is 0 Å². The predicted octanol–water partition coefficient (Wildman–Crippen LogP) is 2.93. The van der Waals surface area contributed by atoms with Crippen LogP contribution < -0.4 is 5.73 Å². The topological polar surface area (TPSA) is 46.3 Å². The van der Waals surface area contributed by atoms with Crippen molar-refractivity contribution in [1.82, 2.24) is 4.90 Å². The molecule has 2 aromatic carbocycles. The van der Waals surface area contributed by atoms with E-state index >= 15 is 0 Å². The maximum Gasteiger partial charge on any atom is 0.222 e. The second-order valence-corrected chi connectivity index (χ2v) is 5.18. The van der Waals surface area contributed by atoms with Crippen molar-refractivity contribution in [3.63, 3.8) is 0 Å². The number of nitrogens with two attached hydrogens (primary N) is 1. The zero-order valence-electron chi connectivity index (χ0n) is 12.0. The maximum atomic E-state index is 12.0. The van der Waals surface area contributed by atoms with Crippen molar-refractivity contribution in [1.29, 1.82) is 0 Å². The monoisotopic (exact) mass is 270 g/mol. The number of unbranched alkanes of at least 4 members (excludes halogenated alkanes) is 1. The third-order valence-corrected chi connectivity index (χ3v) is 3.50. The molecule has 3 heteroatoms. The van der Waals surface area contributed by atoms with Gasteiger partial charge >= 0.3 is 0 Å². The van der Waals surface area contributed by atoms with E-state index in [1.165, 1.54) is 16.3 Å². The normalized spacial score (nSPS) is 10.7. The number of rotatable bonds is 6. The Morgan fingerprint density at radius 3 is 2.60 bits per heavy atom. The number of carbonyl (C=O) groups is 1. The molecule has 2 rings (SSSR count). The molecule has 0 unspecified atom stereocenters. The van der Waals surface area contributed by atoms with Crippen LogP contribution in [-0.2, 0) is 11.3 Å². The lowest BCUT2D eigenvalue weighted by Gasteiger charge is -2.17. The Hall–Kier alpha value is -1.87. The molecule has 0 aliphatic heterocycles. The Labute approximate surface area is 120 Å². The van der Waals surface area contributed by atoms with Gasteiger partial charge in [-0.3, -0.25) is 4.79 Å². The number of amides is 1. The molecule has 0 radical (unpaired) electrons. The van der Waals surface area contributed by atoms with E-state index in [0.29, 0.717) is 19.5 Å². The van der Waals surface area contributed by atoms with Crippen LogP contribution in [0.3, 0.4) is 0 Å². The number of benzene rings is 2. The van der Waals surface area contributed by atoms with E-state index in [1.807, 2.05) is 19.2 Å². The molecule has 1 amide bonds. The number of nitrogens with zero attached hydrogens (tertiary/aromatic N) is 1. The van der Waals surface area contributed by atoms with Crippen LogP contribution in [0.25, 0.3) is 10.8 Å². The molecule has 106 valence electrons. The molecular formula is C17H22N2O. The Morgan fingerprint density at radius 2 is 1.85 bits per heavy atom. The van der Waals surface area contributed by atoms with Gasteiger partial charge in [0.1, 0.15) is 0 Å². The highest BCUT2D eigenvalue weighted by Gasteiger charge is 2.08. The zero-order chi connectivity index (χ0) is 14.4. The van der Waals surface area contributed by atoms with Gasteiger partial charge in [-0.1, -0.05) is 36.4 Å². The van der Waals surface area contributed by atoms with E-state index in [9.17, 15) is 4.79 Å². The molecule has 2 aromatic rings. The second kappa shape index (κ2) is 7.06. The summed E-state index contributed by atoms with van der Waals surface area (Å²) in [4.78, 5) is 13.8. The predicted molar refractivity (Wildman–Crippen MR) is 83.3 cm³/mol. The summed E-state index contributed by atoms with van der Waals surface area (Å²) in [6, 6.07) is 14.6. The van der Waals surface area contributed by atoms with Crippen LogP contribution in [-0.4, -0.2) is 24.4 Å². The molecule has 0 atom stereocenters.